The number of nitrogens with two attached hydrogens (primary N) is 1. The SMILES string of the molecule is N[C@H](C(=O)O)C(C(=O)O)C(=O)O.O=C(O)C1CC(=O)N(c2ccccc2)C1. The van der Waals surface area contributed by atoms with Gasteiger partial charge in [0.2, 0.25) is 5.91 Å². The van der Waals surface area contributed by atoms with Crippen LogP contribution in [0.5, 0.6) is 0 Å². The van der Waals surface area contributed by atoms with Crippen LogP contribution in [0.25, 0.3) is 0 Å². The lowest BCUT2D eigenvalue weighted by Crippen LogP contribution is -2.46. The minimum atomic E-state index is -2.11. The lowest BCUT2D eigenvalue weighted by molar-refractivity contribution is -0.160. The lowest BCUT2D eigenvalue weighted by Gasteiger charge is -2.15. The van der Waals surface area contributed by atoms with Crippen LogP contribution in [-0.2, 0) is 24.0 Å². The molecular formula is C16H18N2O9. The average Bonchev–Trinajstić information content (AvgIpc) is 2.97. The van der Waals surface area contributed by atoms with Gasteiger partial charge in [-0.1, -0.05) is 18.2 Å². The van der Waals surface area contributed by atoms with Crippen molar-refractivity contribution in [1.82, 2.24) is 0 Å². The van der Waals surface area contributed by atoms with Gasteiger partial charge in [-0.2, -0.15) is 0 Å². The number of anilines is 1. The van der Waals surface area contributed by atoms with Crippen LogP contribution < -0.4 is 10.6 Å². The number of aliphatic carboxylic acids is 4. The monoisotopic (exact) mass is 382 g/mol. The van der Waals surface area contributed by atoms with E-state index >= 15 is 0 Å². The first-order valence-electron chi connectivity index (χ1n) is 7.58. The highest BCUT2D eigenvalue weighted by Crippen LogP contribution is 2.24. The molecule has 1 aliphatic heterocycles. The van der Waals surface area contributed by atoms with E-state index in [-0.39, 0.29) is 18.9 Å². The smallest absolute Gasteiger partial charge is 0.322 e. The van der Waals surface area contributed by atoms with Gasteiger partial charge in [0.15, 0.2) is 5.92 Å². The van der Waals surface area contributed by atoms with Crippen LogP contribution in [0.15, 0.2) is 30.3 Å². The molecule has 27 heavy (non-hydrogen) atoms. The van der Waals surface area contributed by atoms with Crippen molar-refractivity contribution in [1.29, 1.82) is 0 Å². The van der Waals surface area contributed by atoms with Gasteiger partial charge in [0.1, 0.15) is 6.04 Å². The molecule has 1 heterocycles. The fraction of sp³-hybridized carbons (Fsp3) is 0.312. The Kier molecular flexibility index (Phi) is 7.42. The zero-order valence-corrected chi connectivity index (χ0v) is 13.9. The van der Waals surface area contributed by atoms with Crippen molar-refractivity contribution in [3.63, 3.8) is 0 Å². The van der Waals surface area contributed by atoms with E-state index in [4.69, 9.17) is 26.2 Å². The number of rotatable bonds is 6. The fourth-order valence-corrected chi connectivity index (χ4v) is 2.29. The largest absolute Gasteiger partial charge is 0.481 e. The van der Waals surface area contributed by atoms with E-state index in [0.29, 0.717) is 0 Å². The van der Waals surface area contributed by atoms with Gasteiger partial charge in [-0.3, -0.25) is 24.0 Å². The van der Waals surface area contributed by atoms with E-state index in [1.54, 1.807) is 0 Å². The fourth-order valence-electron chi connectivity index (χ4n) is 2.29. The van der Waals surface area contributed by atoms with Crippen molar-refractivity contribution in [2.24, 2.45) is 17.6 Å². The maximum atomic E-state index is 11.6. The molecule has 0 bridgehead atoms. The Morgan fingerprint density at radius 3 is 1.81 bits per heavy atom. The van der Waals surface area contributed by atoms with Crippen LogP contribution in [0.3, 0.4) is 0 Å². The molecule has 0 aromatic heterocycles. The molecule has 11 heteroatoms. The van der Waals surface area contributed by atoms with Crippen molar-refractivity contribution < 1.29 is 44.4 Å². The van der Waals surface area contributed by atoms with Gasteiger partial charge >= 0.3 is 23.9 Å². The van der Waals surface area contributed by atoms with Crippen LogP contribution in [0.1, 0.15) is 6.42 Å². The Labute approximate surface area is 152 Å². The first kappa shape index (κ1) is 21.6. The van der Waals surface area contributed by atoms with Crippen LogP contribution in [0, 0.1) is 11.8 Å². The maximum absolute atomic E-state index is 11.6. The number of carbonyl (C=O) groups is 5. The number of nitrogens with zero attached hydrogens (tertiary/aromatic N) is 1. The second-order valence-corrected chi connectivity index (χ2v) is 5.60. The summed E-state index contributed by atoms with van der Waals surface area (Å²) < 4.78 is 0. The van der Waals surface area contributed by atoms with Gasteiger partial charge in [0.25, 0.3) is 0 Å². The van der Waals surface area contributed by atoms with Crippen LogP contribution in [0.4, 0.5) is 5.69 Å². The zero-order valence-electron chi connectivity index (χ0n) is 13.9. The van der Waals surface area contributed by atoms with Crippen LogP contribution in [0.2, 0.25) is 0 Å². The summed E-state index contributed by atoms with van der Waals surface area (Å²) in [5.41, 5.74) is 5.57. The minimum Gasteiger partial charge on any atom is -0.481 e. The number of para-hydroxylation sites is 1. The minimum absolute atomic E-state index is 0.101. The van der Waals surface area contributed by atoms with E-state index in [9.17, 15) is 24.0 Å². The maximum Gasteiger partial charge on any atom is 0.322 e. The van der Waals surface area contributed by atoms with E-state index in [0.717, 1.165) is 5.69 Å². The topological polar surface area (TPSA) is 196 Å². The van der Waals surface area contributed by atoms with Gasteiger partial charge in [-0.05, 0) is 12.1 Å². The second-order valence-electron chi connectivity index (χ2n) is 5.60. The lowest BCUT2D eigenvalue weighted by atomic mass is 10.0. The summed E-state index contributed by atoms with van der Waals surface area (Å²) in [6.45, 7) is 0.276. The van der Waals surface area contributed by atoms with E-state index in [1.807, 2.05) is 30.3 Å². The molecule has 1 fully saturated rings. The highest BCUT2D eigenvalue weighted by molar-refractivity contribution is 5.99. The zero-order chi connectivity index (χ0) is 20.7. The number of carbonyl (C=O) groups excluding carboxylic acids is 1. The molecule has 2 rings (SSSR count). The summed E-state index contributed by atoms with van der Waals surface area (Å²) in [5, 5.41) is 33.5. The first-order chi connectivity index (χ1) is 12.6. The van der Waals surface area contributed by atoms with Crippen molar-refractivity contribution in [2.45, 2.75) is 12.5 Å². The highest BCUT2D eigenvalue weighted by atomic mass is 16.4. The van der Waals surface area contributed by atoms with Gasteiger partial charge in [0.05, 0.1) is 5.92 Å². The standard InChI is InChI=1S/C11H11NO3.C5H7NO6/c13-10-6-8(11(14)15)7-12(10)9-4-2-1-3-5-9;6-2(5(11)12)1(3(7)8)4(9)10/h1-5,8H,6-7H2,(H,14,15);1-2H,6H2,(H,7,8)(H,9,10)(H,11,12)/t;2-/m.0/s1. The molecule has 1 aromatic carbocycles. The average molecular weight is 382 g/mol. The Hall–Kier alpha value is -3.47. The van der Waals surface area contributed by atoms with E-state index in [1.165, 1.54) is 4.90 Å². The predicted molar refractivity (Wildman–Crippen MR) is 88.9 cm³/mol. The highest BCUT2D eigenvalue weighted by Gasteiger charge is 2.37. The molecule has 11 nitrogen and oxygen atoms in total. The van der Waals surface area contributed by atoms with Gasteiger partial charge in [0, 0.05) is 18.7 Å². The Balaban J connectivity index is 0.000000279. The molecule has 1 unspecified atom stereocenters. The molecule has 1 aromatic rings. The third-order valence-corrected chi connectivity index (χ3v) is 3.72. The summed E-state index contributed by atoms with van der Waals surface area (Å²) >= 11 is 0. The second kappa shape index (κ2) is 9.29. The number of amides is 1. The first-order valence-corrected chi connectivity index (χ1v) is 7.58. The molecule has 2 atom stereocenters. The van der Waals surface area contributed by atoms with Crippen molar-refractivity contribution in [3.05, 3.63) is 30.3 Å². The number of carboxylic acids is 4. The van der Waals surface area contributed by atoms with Crippen LogP contribution >= 0.6 is 0 Å². The summed E-state index contributed by atoms with van der Waals surface area (Å²) in [6.07, 6.45) is 0.101. The van der Waals surface area contributed by atoms with Gasteiger partial charge in [-0.15, -0.1) is 0 Å². The number of hydrogen-bond donors (Lipinski definition) is 5. The third-order valence-electron chi connectivity index (χ3n) is 3.72. The van der Waals surface area contributed by atoms with Gasteiger partial charge < -0.3 is 31.1 Å². The van der Waals surface area contributed by atoms with E-state index < -0.39 is 41.8 Å². The molecule has 1 amide bonds. The summed E-state index contributed by atoms with van der Waals surface area (Å²) in [6, 6.07) is 7.20. The molecule has 6 N–H and O–H groups in total. The van der Waals surface area contributed by atoms with E-state index in [2.05, 4.69) is 0 Å². The molecule has 1 saturated heterocycles. The molecular weight excluding hydrogens is 364 g/mol. The molecule has 0 spiro atoms. The Morgan fingerprint density at radius 2 is 1.48 bits per heavy atom. The molecule has 0 radical (unpaired) electrons. The number of hydrogen-bond acceptors (Lipinski definition) is 6. The molecule has 0 aliphatic carbocycles. The van der Waals surface area contributed by atoms with Crippen LogP contribution in [-0.4, -0.2) is 62.8 Å². The Bertz CT molecular complexity index is 721. The third kappa shape index (κ3) is 5.78. The normalized spacial score (nSPS) is 17.0. The van der Waals surface area contributed by atoms with Gasteiger partial charge in [-0.25, -0.2) is 0 Å². The number of benzene rings is 1. The molecule has 146 valence electrons. The predicted octanol–water partition coefficient (Wildman–Crippen LogP) is -0.692. The van der Waals surface area contributed by atoms with Crippen molar-refractivity contribution >= 4 is 35.5 Å². The van der Waals surface area contributed by atoms with Crippen molar-refractivity contribution in [2.75, 3.05) is 11.4 Å². The molecule has 0 saturated carbocycles. The Morgan fingerprint density at radius 1 is 0.963 bits per heavy atom. The summed E-state index contributed by atoms with van der Waals surface area (Å²) in [4.78, 5) is 54.2. The summed E-state index contributed by atoms with van der Waals surface area (Å²) in [5.74, 6) is -8.89. The summed E-state index contributed by atoms with van der Waals surface area (Å²) in [7, 11) is 0. The molecule has 1 aliphatic rings. The number of carboxylic acid groups (broad SMARTS) is 4. The quantitative estimate of drug-likeness (QED) is 0.393. The van der Waals surface area contributed by atoms with Crippen molar-refractivity contribution in [3.8, 4) is 0 Å².